The maximum atomic E-state index is 14.2. The Hall–Kier alpha value is -4.05. The summed E-state index contributed by atoms with van der Waals surface area (Å²) in [6.45, 7) is 0.316. The summed E-state index contributed by atoms with van der Waals surface area (Å²) in [7, 11) is 0. The predicted molar refractivity (Wildman–Crippen MR) is 136 cm³/mol. The molecule has 3 aromatic heterocycles. The number of halogens is 1. The minimum Gasteiger partial charge on any atom is -0.488 e. The number of ether oxygens (including phenoxy) is 2. The van der Waals surface area contributed by atoms with Gasteiger partial charge in [0.05, 0.1) is 21.8 Å². The number of aromatic nitrogens is 5. The van der Waals surface area contributed by atoms with Crippen LogP contribution >= 0.6 is 11.3 Å². The SMILES string of the molecule is Nc1ncnc2c1c(-c1ccc(Oc3cc(F)cc(OCc4cncs4)c3)cc1)nn2C1CCCC1. The van der Waals surface area contributed by atoms with Gasteiger partial charge in [0.15, 0.2) is 5.65 Å². The van der Waals surface area contributed by atoms with E-state index in [1.54, 1.807) is 17.8 Å². The van der Waals surface area contributed by atoms with Crippen LogP contribution in [0.3, 0.4) is 0 Å². The van der Waals surface area contributed by atoms with Gasteiger partial charge in [-0.3, -0.25) is 4.98 Å². The third-order valence-electron chi connectivity index (χ3n) is 6.26. The Kier molecular flexibility index (Phi) is 5.94. The van der Waals surface area contributed by atoms with E-state index in [4.69, 9.17) is 20.3 Å². The van der Waals surface area contributed by atoms with Gasteiger partial charge in [-0.25, -0.2) is 19.0 Å². The molecule has 0 saturated heterocycles. The molecule has 10 heteroatoms. The number of fused-ring (bicyclic) bond motifs is 1. The Labute approximate surface area is 210 Å². The van der Waals surface area contributed by atoms with Gasteiger partial charge >= 0.3 is 0 Å². The molecule has 0 radical (unpaired) electrons. The fourth-order valence-electron chi connectivity index (χ4n) is 4.56. The highest BCUT2D eigenvalue weighted by Gasteiger charge is 2.24. The van der Waals surface area contributed by atoms with Crippen molar-refractivity contribution in [3.05, 3.63) is 71.2 Å². The predicted octanol–water partition coefficient (Wildman–Crippen LogP) is 6.16. The van der Waals surface area contributed by atoms with Crippen LogP contribution in [0.4, 0.5) is 10.2 Å². The quantitative estimate of drug-likeness (QED) is 0.284. The lowest BCUT2D eigenvalue weighted by Crippen LogP contribution is -2.07. The number of rotatable bonds is 7. The van der Waals surface area contributed by atoms with Crippen molar-refractivity contribution in [3.8, 4) is 28.5 Å². The van der Waals surface area contributed by atoms with Gasteiger partial charge in [-0.2, -0.15) is 5.10 Å². The summed E-state index contributed by atoms with van der Waals surface area (Å²) in [6, 6.07) is 12.1. The first-order valence-corrected chi connectivity index (χ1v) is 12.6. The summed E-state index contributed by atoms with van der Waals surface area (Å²) in [5.41, 5.74) is 10.3. The fraction of sp³-hybridized carbons (Fsp3) is 0.231. The molecular weight excluding hydrogens is 479 g/mol. The Morgan fingerprint density at radius 3 is 2.61 bits per heavy atom. The molecule has 182 valence electrons. The van der Waals surface area contributed by atoms with Gasteiger partial charge in [0.2, 0.25) is 0 Å². The molecule has 3 heterocycles. The molecule has 0 unspecified atom stereocenters. The summed E-state index contributed by atoms with van der Waals surface area (Å²) >= 11 is 1.48. The standard InChI is InChI=1S/C26H23FN6O2S/c27-17-9-20(34-13-22-12-29-15-36-22)11-21(10-17)35-19-7-5-16(6-8-19)24-23-25(28)30-14-31-26(23)33(32-24)18-3-1-2-4-18/h5-12,14-15,18H,1-4,13H2,(H2,28,30,31). The molecule has 36 heavy (non-hydrogen) atoms. The Morgan fingerprint density at radius 1 is 1.03 bits per heavy atom. The summed E-state index contributed by atoms with van der Waals surface area (Å²) in [5.74, 6) is 1.25. The molecule has 0 bridgehead atoms. The Bertz CT molecular complexity index is 1500. The van der Waals surface area contributed by atoms with Crippen LogP contribution in [-0.2, 0) is 6.61 Å². The zero-order valence-electron chi connectivity index (χ0n) is 19.3. The molecule has 0 atom stereocenters. The van der Waals surface area contributed by atoms with Crippen LogP contribution in [0, 0.1) is 5.82 Å². The van der Waals surface area contributed by atoms with Gasteiger partial charge in [0.1, 0.15) is 47.5 Å². The lowest BCUT2D eigenvalue weighted by Gasteiger charge is -2.10. The smallest absolute Gasteiger partial charge is 0.164 e. The molecule has 1 aliphatic carbocycles. The van der Waals surface area contributed by atoms with Crippen molar-refractivity contribution in [1.29, 1.82) is 0 Å². The summed E-state index contributed by atoms with van der Waals surface area (Å²) < 4.78 is 27.8. The molecule has 0 amide bonds. The Balaban J connectivity index is 1.25. The first-order valence-electron chi connectivity index (χ1n) is 11.7. The van der Waals surface area contributed by atoms with E-state index in [9.17, 15) is 4.39 Å². The van der Waals surface area contributed by atoms with Crippen LogP contribution in [0.1, 0.15) is 36.6 Å². The first kappa shape index (κ1) is 22.4. The average Bonchev–Trinajstić information content (AvgIpc) is 3.64. The van der Waals surface area contributed by atoms with Crippen molar-refractivity contribution in [2.24, 2.45) is 0 Å². The number of nitrogens with zero attached hydrogens (tertiary/aromatic N) is 5. The summed E-state index contributed by atoms with van der Waals surface area (Å²) in [4.78, 5) is 13.6. The fourth-order valence-corrected chi connectivity index (χ4v) is 5.07. The highest BCUT2D eigenvalue weighted by molar-refractivity contribution is 7.09. The molecule has 1 aliphatic rings. The number of nitrogen functional groups attached to an aromatic ring is 1. The van der Waals surface area contributed by atoms with E-state index in [1.807, 2.05) is 28.9 Å². The zero-order chi connectivity index (χ0) is 24.5. The molecule has 1 saturated carbocycles. The second-order valence-electron chi connectivity index (χ2n) is 8.69. The number of nitrogens with two attached hydrogens (primary N) is 1. The number of benzene rings is 2. The average molecular weight is 503 g/mol. The number of thiazole rings is 1. The van der Waals surface area contributed by atoms with E-state index in [1.165, 1.54) is 42.6 Å². The molecule has 6 rings (SSSR count). The van der Waals surface area contributed by atoms with Crippen molar-refractivity contribution in [2.75, 3.05) is 5.73 Å². The minimum absolute atomic E-state index is 0.316. The third-order valence-corrected chi connectivity index (χ3v) is 7.01. The van der Waals surface area contributed by atoms with Crippen molar-refractivity contribution in [2.45, 2.75) is 38.3 Å². The van der Waals surface area contributed by atoms with E-state index in [0.717, 1.165) is 40.0 Å². The second kappa shape index (κ2) is 9.54. The van der Waals surface area contributed by atoms with E-state index in [0.29, 0.717) is 35.7 Å². The zero-order valence-corrected chi connectivity index (χ0v) is 20.1. The number of hydrogen-bond acceptors (Lipinski definition) is 8. The van der Waals surface area contributed by atoms with Crippen LogP contribution in [0.2, 0.25) is 0 Å². The van der Waals surface area contributed by atoms with E-state index in [-0.39, 0.29) is 0 Å². The van der Waals surface area contributed by atoms with Crippen molar-refractivity contribution in [1.82, 2.24) is 24.7 Å². The van der Waals surface area contributed by atoms with Crippen LogP contribution in [0.5, 0.6) is 17.2 Å². The second-order valence-corrected chi connectivity index (χ2v) is 9.67. The summed E-state index contributed by atoms with van der Waals surface area (Å²) in [5, 5.41) is 5.66. The van der Waals surface area contributed by atoms with E-state index in [2.05, 4.69) is 15.0 Å². The van der Waals surface area contributed by atoms with Gasteiger partial charge in [-0.15, -0.1) is 11.3 Å². The first-order chi connectivity index (χ1) is 17.6. The van der Waals surface area contributed by atoms with Crippen LogP contribution in [0.25, 0.3) is 22.3 Å². The Morgan fingerprint density at radius 2 is 1.83 bits per heavy atom. The largest absolute Gasteiger partial charge is 0.488 e. The van der Waals surface area contributed by atoms with Gasteiger partial charge < -0.3 is 15.2 Å². The van der Waals surface area contributed by atoms with Gasteiger partial charge in [-0.1, -0.05) is 12.8 Å². The lowest BCUT2D eigenvalue weighted by molar-refractivity contribution is 0.306. The maximum Gasteiger partial charge on any atom is 0.164 e. The lowest BCUT2D eigenvalue weighted by atomic mass is 10.1. The van der Waals surface area contributed by atoms with Gasteiger partial charge in [0, 0.05) is 30.0 Å². The van der Waals surface area contributed by atoms with E-state index < -0.39 is 5.82 Å². The molecule has 8 nitrogen and oxygen atoms in total. The third kappa shape index (κ3) is 4.47. The monoisotopic (exact) mass is 502 g/mol. The van der Waals surface area contributed by atoms with Crippen LogP contribution < -0.4 is 15.2 Å². The highest BCUT2D eigenvalue weighted by Crippen LogP contribution is 2.37. The molecule has 2 N–H and O–H groups in total. The number of hydrogen-bond donors (Lipinski definition) is 1. The van der Waals surface area contributed by atoms with Crippen LogP contribution in [-0.4, -0.2) is 24.7 Å². The van der Waals surface area contributed by atoms with Crippen molar-refractivity contribution >= 4 is 28.2 Å². The van der Waals surface area contributed by atoms with Crippen molar-refractivity contribution < 1.29 is 13.9 Å². The number of anilines is 1. The normalized spacial score (nSPS) is 13.9. The highest BCUT2D eigenvalue weighted by atomic mass is 32.1. The maximum absolute atomic E-state index is 14.2. The van der Waals surface area contributed by atoms with Gasteiger partial charge in [0.25, 0.3) is 0 Å². The molecule has 2 aromatic carbocycles. The molecule has 5 aromatic rings. The summed E-state index contributed by atoms with van der Waals surface area (Å²) in [6.07, 6.45) is 7.74. The molecule has 1 fully saturated rings. The van der Waals surface area contributed by atoms with Gasteiger partial charge in [-0.05, 0) is 37.1 Å². The molecule has 0 aliphatic heterocycles. The minimum atomic E-state index is -0.442. The van der Waals surface area contributed by atoms with E-state index >= 15 is 0 Å². The van der Waals surface area contributed by atoms with Crippen LogP contribution in [0.15, 0.2) is 60.5 Å². The topological polar surface area (TPSA) is 101 Å². The molecular formula is C26H23FN6O2S. The molecule has 0 spiro atoms. The van der Waals surface area contributed by atoms with Crippen molar-refractivity contribution in [3.63, 3.8) is 0 Å².